The van der Waals surface area contributed by atoms with Gasteiger partial charge in [0.1, 0.15) is 5.75 Å². The predicted molar refractivity (Wildman–Crippen MR) is 102 cm³/mol. The Morgan fingerprint density at radius 1 is 1.22 bits per heavy atom. The number of hydrogen-bond donors (Lipinski definition) is 0. The molecule has 27 heavy (non-hydrogen) atoms. The van der Waals surface area contributed by atoms with E-state index in [1.165, 1.54) is 0 Å². The highest BCUT2D eigenvalue weighted by atomic mass is 35.5. The molecule has 0 saturated carbocycles. The van der Waals surface area contributed by atoms with Crippen LogP contribution < -0.4 is 9.64 Å². The van der Waals surface area contributed by atoms with Crippen molar-refractivity contribution in [2.45, 2.75) is 12.3 Å². The van der Waals surface area contributed by atoms with Gasteiger partial charge >= 0.3 is 0 Å². The van der Waals surface area contributed by atoms with Crippen LogP contribution >= 0.6 is 23.2 Å². The molecule has 1 atom stereocenters. The first-order valence-corrected chi connectivity index (χ1v) is 9.05. The van der Waals surface area contributed by atoms with Crippen LogP contribution in [0.3, 0.4) is 0 Å². The van der Waals surface area contributed by atoms with Crippen molar-refractivity contribution < 1.29 is 14.1 Å². The second kappa shape index (κ2) is 7.21. The lowest BCUT2D eigenvalue weighted by molar-refractivity contribution is -0.117. The Labute approximate surface area is 165 Å². The molecule has 0 aliphatic carbocycles. The van der Waals surface area contributed by atoms with Gasteiger partial charge in [-0.1, -0.05) is 40.5 Å². The number of rotatable bonds is 4. The maximum absolute atomic E-state index is 12.6. The molecule has 6 nitrogen and oxygen atoms in total. The third-order valence-electron chi connectivity index (χ3n) is 4.46. The predicted octanol–water partition coefficient (Wildman–Crippen LogP) is 4.57. The summed E-state index contributed by atoms with van der Waals surface area (Å²) < 4.78 is 10.8. The average molecular weight is 404 g/mol. The Morgan fingerprint density at radius 3 is 2.81 bits per heavy atom. The SMILES string of the molecule is COc1ccc(Cl)cc1N1CC(c2nc(-c3ccccc3Cl)no2)CC1=O. The number of hydrogen-bond acceptors (Lipinski definition) is 5. The molecular weight excluding hydrogens is 389 g/mol. The van der Waals surface area contributed by atoms with E-state index in [4.69, 9.17) is 32.5 Å². The van der Waals surface area contributed by atoms with Crippen LogP contribution in [-0.2, 0) is 4.79 Å². The number of halogens is 2. The lowest BCUT2D eigenvalue weighted by Gasteiger charge is -2.19. The minimum atomic E-state index is -0.218. The number of methoxy groups -OCH3 is 1. The molecule has 3 aromatic rings. The highest BCUT2D eigenvalue weighted by molar-refractivity contribution is 6.33. The van der Waals surface area contributed by atoms with Gasteiger partial charge in [0.25, 0.3) is 0 Å². The van der Waals surface area contributed by atoms with Crippen LogP contribution in [0.1, 0.15) is 18.2 Å². The van der Waals surface area contributed by atoms with Crippen molar-refractivity contribution in [3.05, 3.63) is 58.4 Å². The molecule has 2 heterocycles. The Hall–Kier alpha value is -2.57. The zero-order valence-electron chi connectivity index (χ0n) is 14.4. The quantitative estimate of drug-likeness (QED) is 0.637. The highest BCUT2D eigenvalue weighted by Gasteiger charge is 2.36. The fourth-order valence-electron chi connectivity index (χ4n) is 3.13. The van der Waals surface area contributed by atoms with Crippen molar-refractivity contribution in [1.82, 2.24) is 10.1 Å². The van der Waals surface area contributed by atoms with E-state index in [-0.39, 0.29) is 18.2 Å². The second-order valence-electron chi connectivity index (χ2n) is 6.16. The third-order valence-corrected chi connectivity index (χ3v) is 5.03. The van der Waals surface area contributed by atoms with Crippen molar-refractivity contribution in [2.75, 3.05) is 18.6 Å². The van der Waals surface area contributed by atoms with Gasteiger partial charge in [0.2, 0.25) is 17.6 Å². The van der Waals surface area contributed by atoms with E-state index in [2.05, 4.69) is 10.1 Å². The average Bonchev–Trinajstić information content (AvgIpc) is 3.29. The molecule has 0 N–H and O–H groups in total. The number of anilines is 1. The Bertz CT molecular complexity index is 1010. The topological polar surface area (TPSA) is 68.5 Å². The normalized spacial score (nSPS) is 16.8. The van der Waals surface area contributed by atoms with Crippen LogP contribution in [0.2, 0.25) is 10.0 Å². The standard InChI is InChI=1S/C19H15Cl2N3O3/c1-26-16-7-6-12(20)9-15(16)24-10-11(8-17(24)25)19-22-18(23-27-19)13-4-2-3-5-14(13)21/h2-7,9,11H,8,10H2,1H3. The van der Waals surface area contributed by atoms with Gasteiger partial charge < -0.3 is 14.2 Å². The molecule has 1 saturated heterocycles. The smallest absolute Gasteiger partial charge is 0.232 e. The van der Waals surface area contributed by atoms with Crippen LogP contribution in [0.15, 0.2) is 47.0 Å². The molecule has 8 heteroatoms. The molecular formula is C19H15Cl2N3O3. The van der Waals surface area contributed by atoms with Gasteiger partial charge in [0.05, 0.1) is 23.7 Å². The Morgan fingerprint density at radius 2 is 2.04 bits per heavy atom. The minimum absolute atomic E-state index is 0.0574. The molecule has 1 aliphatic heterocycles. The fourth-order valence-corrected chi connectivity index (χ4v) is 3.52. The number of ether oxygens (including phenoxy) is 1. The number of carbonyl (C=O) groups excluding carboxylic acids is 1. The molecule has 1 unspecified atom stereocenters. The second-order valence-corrected chi connectivity index (χ2v) is 7.00. The van der Waals surface area contributed by atoms with Gasteiger partial charge in [0.15, 0.2) is 0 Å². The van der Waals surface area contributed by atoms with E-state index in [1.807, 2.05) is 18.2 Å². The van der Waals surface area contributed by atoms with E-state index >= 15 is 0 Å². The summed E-state index contributed by atoms with van der Waals surface area (Å²) in [7, 11) is 1.55. The molecule has 1 aliphatic rings. The minimum Gasteiger partial charge on any atom is -0.495 e. The van der Waals surface area contributed by atoms with Gasteiger partial charge in [-0.05, 0) is 30.3 Å². The van der Waals surface area contributed by atoms with Gasteiger partial charge in [-0.3, -0.25) is 4.79 Å². The van der Waals surface area contributed by atoms with E-state index in [9.17, 15) is 4.79 Å². The summed E-state index contributed by atoms with van der Waals surface area (Å²) in [5, 5.41) is 5.08. The monoisotopic (exact) mass is 403 g/mol. The van der Waals surface area contributed by atoms with Gasteiger partial charge in [-0.2, -0.15) is 4.98 Å². The molecule has 0 bridgehead atoms. The Balaban J connectivity index is 1.60. The summed E-state index contributed by atoms with van der Waals surface area (Å²) >= 11 is 12.3. The largest absolute Gasteiger partial charge is 0.495 e. The van der Waals surface area contributed by atoms with Crippen LogP contribution in [0.4, 0.5) is 5.69 Å². The third kappa shape index (κ3) is 3.38. The van der Waals surface area contributed by atoms with E-state index in [0.29, 0.717) is 45.3 Å². The van der Waals surface area contributed by atoms with Crippen LogP contribution in [0.5, 0.6) is 5.75 Å². The maximum Gasteiger partial charge on any atom is 0.232 e. The van der Waals surface area contributed by atoms with Crippen molar-refractivity contribution in [1.29, 1.82) is 0 Å². The summed E-state index contributed by atoms with van der Waals surface area (Å²) in [6.07, 6.45) is 0.264. The highest BCUT2D eigenvalue weighted by Crippen LogP contribution is 2.38. The van der Waals surface area contributed by atoms with Crippen molar-refractivity contribution >= 4 is 34.8 Å². The first-order valence-electron chi connectivity index (χ1n) is 8.29. The fraction of sp³-hybridized carbons (Fsp3) is 0.211. The van der Waals surface area contributed by atoms with Crippen molar-refractivity contribution in [3.63, 3.8) is 0 Å². The molecule has 2 aromatic carbocycles. The van der Waals surface area contributed by atoms with E-state index < -0.39 is 0 Å². The first kappa shape index (κ1) is 17.8. The van der Waals surface area contributed by atoms with E-state index in [0.717, 1.165) is 0 Å². The molecule has 4 rings (SSSR count). The van der Waals surface area contributed by atoms with Crippen LogP contribution in [0.25, 0.3) is 11.4 Å². The van der Waals surface area contributed by atoms with E-state index in [1.54, 1.807) is 36.3 Å². The number of benzene rings is 2. The first-order chi connectivity index (χ1) is 13.1. The summed E-state index contributed by atoms with van der Waals surface area (Å²) in [4.78, 5) is 18.7. The summed E-state index contributed by atoms with van der Waals surface area (Å²) in [5.74, 6) is 1.11. The number of nitrogens with zero attached hydrogens (tertiary/aromatic N) is 3. The molecule has 1 aromatic heterocycles. The van der Waals surface area contributed by atoms with Crippen molar-refractivity contribution in [3.8, 4) is 17.1 Å². The van der Waals surface area contributed by atoms with Crippen LogP contribution in [0, 0.1) is 0 Å². The number of amides is 1. The molecule has 1 fully saturated rings. The molecule has 1 amide bonds. The zero-order valence-corrected chi connectivity index (χ0v) is 15.9. The van der Waals surface area contributed by atoms with Gasteiger partial charge in [-0.25, -0.2) is 0 Å². The maximum atomic E-state index is 12.6. The molecule has 0 radical (unpaired) electrons. The lowest BCUT2D eigenvalue weighted by atomic mass is 10.1. The summed E-state index contributed by atoms with van der Waals surface area (Å²) in [5.41, 5.74) is 1.31. The Kier molecular flexibility index (Phi) is 4.76. The van der Waals surface area contributed by atoms with Gasteiger partial charge in [0, 0.05) is 23.6 Å². The van der Waals surface area contributed by atoms with Crippen LogP contribution in [-0.4, -0.2) is 29.7 Å². The zero-order chi connectivity index (χ0) is 19.0. The lowest BCUT2D eigenvalue weighted by Crippen LogP contribution is -2.24. The van der Waals surface area contributed by atoms with Gasteiger partial charge in [-0.15, -0.1) is 0 Å². The number of carbonyl (C=O) groups is 1. The summed E-state index contributed by atoms with van der Waals surface area (Å²) in [6, 6.07) is 12.4. The summed E-state index contributed by atoms with van der Waals surface area (Å²) in [6.45, 7) is 0.402. The van der Waals surface area contributed by atoms with Crippen molar-refractivity contribution in [2.24, 2.45) is 0 Å². The number of aromatic nitrogens is 2. The molecule has 0 spiro atoms. The molecule has 138 valence electrons.